The van der Waals surface area contributed by atoms with Gasteiger partial charge in [-0.15, -0.1) is 0 Å². The van der Waals surface area contributed by atoms with Gasteiger partial charge < -0.3 is 4.90 Å². The van der Waals surface area contributed by atoms with Gasteiger partial charge in [-0.1, -0.05) is 17.7 Å². The molecule has 0 bridgehead atoms. The highest BCUT2D eigenvalue weighted by molar-refractivity contribution is 7.86. The normalized spacial score (nSPS) is 21.3. The summed E-state index contributed by atoms with van der Waals surface area (Å²) >= 11 is 0. The highest BCUT2D eigenvalue weighted by Gasteiger charge is 2.24. The molecule has 1 heterocycles. The van der Waals surface area contributed by atoms with Crippen LogP contribution < -0.4 is 0 Å². The van der Waals surface area contributed by atoms with E-state index in [4.69, 9.17) is 4.18 Å². The maximum absolute atomic E-state index is 12.0. The number of rotatable bonds is 4. The first-order chi connectivity index (χ1) is 8.49. The van der Waals surface area contributed by atoms with Gasteiger partial charge in [-0.2, -0.15) is 8.42 Å². The van der Waals surface area contributed by atoms with Crippen molar-refractivity contribution >= 4 is 10.1 Å². The molecule has 1 saturated heterocycles. The third-order valence-electron chi connectivity index (χ3n) is 3.40. The molecule has 1 aromatic rings. The van der Waals surface area contributed by atoms with Crippen LogP contribution in [-0.4, -0.2) is 39.6 Å². The summed E-state index contributed by atoms with van der Waals surface area (Å²) in [7, 11) is -1.62. The van der Waals surface area contributed by atoms with Crippen LogP contribution in [0.3, 0.4) is 0 Å². The van der Waals surface area contributed by atoms with Crippen molar-refractivity contribution in [1.29, 1.82) is 0 Å². The Balaban J connectivity index is 2.01. The molecule has 1 aromatic carbocycles. The lowest BCUT2D eigenvalue weighted by atomic mass is 10.2. The molecule has 0 aliphatic carbocycles. The maximum atomic E-state index is 12.0. The second-order valence-electron chi connectivity index (χ2n) is 4.83. The fourth-order valence-electron chi connectivity index (χ4n) is 2.13. The summed E-state index contributed by atoms with van der Waals surface area (Å²) < 4.78 is 29.1. The Hall–Kier alpha value is -0.910. The van der Waals surface area contributed by atoms with Crippen molar-refractivity contribution in [3.05, 3.63) is 29.8 Å². The molecule has 0 saturated carbocycles. The average molecular weight is 269 g/mol. The van der Waals surface area contributed by atoms with Crippen LogP contribution in [0.2, 0.25) is 0 Å². The van der Waals surface area contributed by atoms with Gasteiger partial charge in [0, 0.05) is 6.04 Å². The van der Waals surface area contributed by atoms with Gasteiger partial charge in [0.05, 0.1) is 11.5 Å². The number of likely N-dealkylation sites (tertiary alicyclic amines) is 1. The smallest absolute Gasteiger partial charge is 0.297 e. The van der Waals surface area contributed by atoms with E-state index < -0.39 is 10.1 Å². The van der Waals surface area contributed by atoms with E-state index in [0.717, 1.165) is 24.9 Å². The Labute approximate surface area is 109 Å². The van der Waals surface area contributed by atoms with Crippen LogP contribution in [0, 0.1) is 6.92 Å². The second-order valence-corrected chi connectivity index (χ2v) is 6.44. The zero-order chi connectivity index (χ0) is 13.2. The van der Waals surface area contributed by atoms with E-state index in [2.05, 4.69) is 4.90 Å². The minimum atomic E-state index is -3.61. The largest absolute Gasteiger partial charge is 0.301 e. The number of aryl methyl sites for hydroxylation is 1. The van der Waals surface area contributed by atoms with Crippen LogP contribution in [0.5, 0.6) is 0 Å². The molecule has 0 N–H and O–H groups in total. The lowest BCUT2D eigenvalue weighted by molar-refractivity contribution is 0.202. The molecule has 0 spiro atoms. The summed E-state index contributed by atoms with van der Waals surface area (Å²) in [6, 6.07) is 6.94. The molecular weight excluding hydrogens is 250 g/mol. The fourth-order valence-corrected chi connectivity index (χ4v) is 3.07. The number of hydrogen-bond donors (Lipinski definition) is 0. The second kappa shape index (κ2) is 5.38. The standard InChI is InChI=1S/C13H19NO3S/c1-11-5-7-13(8-6-11)18(15,16)17-10-12-4-3-9-14(12)2/h5-8,12H,3-4,9-10H2,1-2H3/t12-/m0/s1. The van der Waals surface area contributed by atoms with Crippen LogP contribution in [0.25, 0.3) is 0 Å². The van der Waals surface area contributed by atoms with Gasteiger partial charge >= 0.3 is 0 Å². The van der Waals surface area contributed by atoms with Crippen molar-refractivity contribution in [3.63, 3.8) is 0 Å². The van der Waals surface area contributed by atoms with Crippen molar-refractivity contribution in [2.24, 2.45) is 0 Å². The van der Waals surface area contributed by atoms with Crippen LogP contribution in [0.15, 0.2) is 29.2 Å². The fraction of sp³-hybridized carbons (Fsp3) is 0.538. The third kappa shape index (κ3) is 3.10. The first-order valence-corrected chi connectivity index (χ1v) is 7.56. The summed E-state index contributed by atoms with van der Waals surface area (Å²) in [5.74, 6) is 0. The highest BCUT2D eigenvalue weighted by atomic mass is 32.2. The average Bonchev–Trinajstić information content (AvgIpc) is 2.73. The topological polar surface area (TPSA) is 46.6 Å². The quantitative estimate of drug-likeness (QED) is 0.782. The molecule has 5 heteroatoms. The van der Waals surface area contributed by atoms with E-state index in [0.29, 0.717) is 0 Å². The van der Waals surface area contributed by atoms with Gasteiger partial charge in [-0.3, -0.25) is 4.18 Å². The van der Waals surface area contributed by atoms with E-state index in [9.17, 15) is 8.42 Å². The van der Waals surface area contributed by atoms with Crippen LogP contribution in [-0.2, 0) is 14.3 Å². The van der Waals surface area contributed by atoms with Gasteiger partial charge in [-0.05, 0) is 45.5 Å². The molecule has 18 heavy (non-hydrogen) atoms. The first kappa shape index (κ1) is 13.5. The monoisotopic (exact) mass is 269 g/mol. The molecule has 1 aliphatic rings. The van der Waals surface area contributed by atoms with Crippen molar-refractivity contribution in [2.45, 2.75) is 30.7 Å². The van der Waals surface area contributed by atoms with Crippen LogP contribution in [0.1, 0.15) is 18.4 Å². The molecule has 1 atom stereocenters. The number of nitrogens with zero attached hydrogens (tertiary/aromatic N) is 1. The minimum absolute atomic E-state index is 0.213. The lowest BCUT2D eigenvalue weighted by Crippen LogP contribution is -2.30. The van der Waals surface area contributed by atoms with Crippen molar-refractivity contribution in [1.82, 2.24) is 4.90 Å². The van der Waals surface area contributed by atoms with E-state index in [1.54, 1.807) is 24.3 Å². The van der Waals surface area contributed by atoms with Gasteiger partial charge in [0.1, 0.15) is 0 Å². The molecular formula is C13H19NO3S. The molecule has 100 valence electrons. The summed E-state index contributed by atoms with van der Waals surface area (Å²) in [4.78, 5) is 2.37. The predicted molar refractivity (Wildman–Crippen MR) is 70.0 cm³/mol. The SMILES string of the molecule is Cc1ccc(S(=O)(=O)OC[C@@H]2CCCN2C)cc1. The van der Waals surface area contributed by atoms with Crippen molar-refractivity contribution < 1.29 is 12.6 Å². The Kier molecular flexibility index (Phi) is 4.04. The lowest BCUT2D eigenvalue weighted by Gasteiger charge is -2.18. The van der Waals surface area contributed by atoms with Crippen molar-refractivity contribution in [3.8, 4) is 0 Å². The highest BCUT2D eigenvalue weighted by Crippen LogP contribution is 2.18. The zero-order valence-electron chi connectivity index (χ0n) is 10.8. The molecule has 0 amide bonds. The van der Waals surface area contributed by atoms with Crippen molar-refractivity contribution in [2.75, 3.05) is 20.2 Å². The maximum Gasteiger partial charge on any atom is 0.297 e. The molecule has 0 unspecified atom stereocenters. The third-order valence-corrected chi connectivity index (χ3v) is 4.69. The summed E-state index contributed by atoms with van der Waals surface area (Å²) in [5.41, 5.74) is 1.03. The Morgan fingerprint density at radius 3 is 2.56 bits per heavy atom. The van der Waals surface area contributed by atoms with E-state index in [1.165, 1.54) is 0 Å². The zero-order valence-corrected chi connectivity index (χ0v) is 11.6. The molecule has 1 fully saturated rings. The van der Waals surface area contributed by atoms with Gasteiger partial charge in [0.15, 0.2) is 0 Å². The first-order valence-electron chi connectivity index (χ1n) is 6.15. The number of hydrogen-bond acceptors (Lipinski definition) is 4. The number of likely N-dealkylation sites (N-methyl/N-ethyl adjacent to an activating group) is 1. The molecule has 2 rings (SSSR count). The predicted octanol–water partition coefficient (Wildman–Crippen LogP) is 1.79. The van der Waals surface area contributed by atoms with Crippen LogP contribution in [0.4, 0.5) is 0 Å². The van der Waals surface area contributed by atoms with Gasteiger partial charge in [0.2, 0.25) is 0 Å². The van der Waals surface area contributed by atoms with E-state index >= 15 is 0 Å². The number of benzene rings is 1. The molecule has 0 aromatic heterocycles. The summed E-state index contributed by atoms with van der Waals surface area (Å²) in [6.45, 7) is 3.18. The van der Waals surface area contributed by atoms with Gasteiger partial charge in [0.25, 0.3) is 10.1 Å². The van der Waals surface area contributed by atoms with Crippen LogP contribution >= 0.6 is 0 Å². The molecule has 1 aliphatic heterocycles. The Morgan fingerprint density at radius 2 is 2.00 bits per heavy atom. The Morgan fingerprint density at radius 1 is 1.33 bits per heavy atom. The van der Waals surface area contributed by atoms with E-state index in [1.807, 2.05) is 14.0 Å². The van der Waals surface area contributed by atoms with E-state index in [-0.39, 0.29) is 17.5 Å². The molecule has 4 nitrogen and oxygen atoms in total. The summed E-state index contributed by atoms with van der Waals surface area (Å²) in [5, 5.41) is 0. The molecule has 0 radical (unpaired) electrons. The Bertz CT molecular complexity index is 495. The minimum Gasteiger partial charge on any atom is -0.301 e. The van der Waals surface area contributed by atoms with Gasteiger partial charge in [-0.25, -0.2) is 0 Å². The summed E-state index contributed by atoms with van der Waals surface area (Å²) in [6.07, 6.45) is 2.11.